The monoisotopic (exact) mass is 381 g/mol. The average molecular weight is 381 g/mol. The number of ketones is 1. The third-order valence-electron chi connectivity index (χ3n) is 5.04. The number of carbonyl (C=O) groups excluding carboxylic acids is 2. The first-order valence-electron chi connectivity index (χ1n) is 9.54. The number of fused-ring (bicyclic) bond motifs is 1. The van der Waals surface area contributed by atoms with Gasteiger partial charge in [-0.25, -0.2) is 0 Å². The van der Waals surface area contributed by atoms with Crippen molar-refractivity contribution in [2.75, 3.05) is 4.90 Å². The summed E-state index contributed by atoms with van der Waals surface area (Å²) in [6.45, 7) is 9.33. The molecule has 0 aliphatic carbocycles. The number of ether oxygens (including phenoxy) is 1. The van der Waals surface area contributed by atoms with E-state index in [0.29, 0.717) is 17.0 Å². The Kier molecular flexibility index (Phi) is 5.31. The van der Waals surface area contributed by atoms with Crippen LogP contribution < -0.4 is 9.64 Å². The summed E-state index contributed by atoms with van der Waals surface area (Å²) in [4.78, 5) is 26.8. The lowest BCUT2D eigenvalue weighted by molar-refractivity contribution is -0.141. The number of amides is 1. The van der Waals surface area contributed by atoms with Crippen LogP contribution in [0.5, 0.6) is 5.75 Å². The molecule has 0 aromatic heterocycles. The molecule has 5 heteroatoms. The van der Waals surface area contributed by atoms with E-state index in [1.54, 1.807) is 4.90 Å². The van der Waals surface area contributed by atoms with E-state index in [2.05, 4.69) is 0 Å². The lowest BCUT2D eigenvalue weighted by Gasteiger charge is -2.24. The first-order valence-corrected chi connectivity index (χ1v) is 9.54. The summed E-state index contributed by atoms with van der Waals surface area (Å²) in [7, 11) is 0. The molecule has 0 bridgehead atoms. The minimum Gasteiger partial charge on any atom is -0.491 e. The van der Waals surface area contributed by atoms with Crippen molar-refractivity contribution in [3.05, 3.63) is 58.7 Å². The number of carbonyl (C=O) groups is 2. The van der Waals surface area contributed by atoms with Crippen LogP contribution in [-0.2, 0) is 21.7 Å². The summed E-state index contributed by atoms with van der Waals surface area (Å²) in [5.74, 6) is 0.0155. The topological polar surface area (TPSA) is 66.8 Å². The van der Waals surface area contributed by atoms with E-state index in [1.807, 2.05) is 64.1 Å². The summed E-state index contributed by atoms with van der Waals surface area (Å²) < 4.78 is 5.89. The van der Waals surface area contributed by atoms with Gasteiger partial charge in [0, 0.05) is 17.5 Å². The van der Waals surface area contributed by atoms with Crippen LogP contribution >= 0.6 is 0 Å². The Bertz CT molecular complexity index is 934. The minimum atomic E-state index is -1.83. The van der Waals surface area contributed by atoms with Crippen LogP contribution in [0, 0.1) is 13.8 Å². The zero-order valence-corrected chi connectivity index (χ0v) is 17.1. The molecule has 0 spiro atoms. The van der Waals surface area contributed by atoms with Crippen molar-refractivity contribution in [3.8, 4) is 5.75 Å². The predicted octanol–water partition coefficient (Wildman–Crippen LogP) is 3.80. The van der Waals surface area contributed by atoms with E-state index in [0.717, 1.165) is 16.7 Å². The average Bonchev–Trinajstić information content (AvgIpc) is 2.81. The second kappa shape index (κ2) is 7.40. The van der Waals surface area contributed by atoms with Crippen LogP contribution in [0.25, 0.3) is 0 Å². The number of nitrogens with zero attached hydrogens (tertiary/aromatic N) is 1. The van der Waals surface area contributed by atoms with Crippen LogP contribution in [0.1, 0.15) is 49.4 Å². The Hall–Kier alpha value is -2.66. The van der Waals surface area contributed by atoms with Gasteiger partial charge in [0.2, 0.25) is 0 Å². The van der Waals surface area contributed by atoms with Crippen LogP contribution in [0.15, 0.2) is 36.4 Å². The Morgan fingerprint density at radius 3 is 2.43 bits per heavy atom. The van der Waals surface area contributed by atoms with E-state index in [-0.39, 0.29) is 24.9 Å². The quantitative estimate of drug-likeness (QED) is 0.826. The van der Waals surface area contributed by atoms with Gasteiger partial charge in [-0.1, -0.05) is 30.3 Å². The van der Waals surface area contributed by atoms with Gasteiger partial charge in [-0.2, -0.15) is 0 Å². The van der Waals surface area contributed by atoms with Gasteiger partial charge >= 0.3 is 0 Å². The minimum absolute atomic E-state index is 0.00124. The number of para-hydroxylation sites is 1. The van der Waals surface area contributed by atoms with Crippen molar-refractivity contribution < 1.29 is 19.4 Å². The molecule has 1 atom stereocenters. The largest absolute Gasteiger partial charge is 0.491 e. The van der Waals surface area contributed by atoms with Gasteiger partial charge in [0.1, 0.15) is 11.5 Å². The van der Waals surface area contributed by atoms with E-state index < -0.39 is 11.5 Å². The van der Waals surface area contributed by atoms with Gasteiger partial charge in [0.15, 0.2) is 5.60 Å². The molecule has 5 nitrogen and oxygen atoms in total. The highest BCUT2D eigenvalue weighted by atomic mass is 16.5. The van der Waals surface area contributed by atoms with Crippen LogP contribution in [0.3, 0.4) is 0 Å². The van der Waals surface area contributed by atoms with Gasteiger partial charge in [0.25, 0.3) is 5.91 Å². The molecule has 28 heavy (non-hydrogen) atoms. The van der Waals surface area contributed by atoms with Crippen molar-refractivity contribution in [3.63, 3.8) is 0 Å². The molecule has 1 amide bonds. The fraction of sp³-hybridized carbons (Fsp3) is 0.391. The molecule has 0 radical (unpaired) electrons. The summed E-state index contributed by atoms with van der Waals surface area (Å²) >= 11 is 0. The number of anilines is 1. The molecular weight excluding hydrogens is 354 g/mol. The Morgan fingerprint density at radius 1 is 1.14 bits per heavy atom. The maximum absolute atomic E-state index is 13.3. The number of rotatable bonds is 6. The normalized spacial score (nSPS) is 18.5. The van der Waals surface area contributed by atoms with Gasteiger partial charge < -0.3 is 14.7 Å². The van der Waals surface area contributed by atoms with Gasteiger partial charge in [-0.15, -0.1) is 0 Å². The van der Waals surface area contributed by atoms with Crippen molar-refractivity contribution in [2.45, 2.75) is 59.3 Å². The first kappa shape index (κ1) is 20.1. The molecule has 2 aromatic rings. The summed E-state index contributed by atoms with van der Waals surface area (Å²) in [6, 6.07) is 11.4. The smallest absolute Gasteiger partial charge is 0.264 e. The molecule has 1 unspecified atom stereocenters. The molecule has 0 saturated heterocycles. The highest BCUT2D eigenvalue weighted by Gasteiger charge is 2.51. The number of hydrogen-bond donors (Lipinski definition) is 1. The molecule has 1 N–H and O–H groups in total. The molecular formula is C23H27NO4. The van der Waals surface area contributed by atoms with E-state index >= 15 is 0 Å². The fourth-order valence-electron chi connectivity index (χ4n) is 3.95. The molecule has 1 aliphatic rings. The lowest BCUT2D eigenvalue weighted by atomic mass is 9.86. The predicted molar refractivity (Wildman–Crippen MR) is 109 cm³/mol. The van der Waals surface area contributed by atoms with Gasteiger partial charge in [0.05, 0.1) is 18.3 Å². The van der Waals surface area contributed by atoms with Crippen LogP contribution in [-0.4, -0.2) is 22.9 Å². The Labute approximate surface area is 165 Å². The third-order valence-corrected chi connectivity index (χ3v) is 5.04. The van der Waals surface area contributed by atoms with Gasteiger partial charge in [-0.05, 0) is 51.8 Å². The Balaban J connectivity index is 2.11. The molecule has 2 aromatic carbocycles. The molecule has 3 rings (SSSR count). The first-order chi connectivity index (χ1) is 13.1. The molecule has 1 heterocycles. The maximum Gasteiger partial charge on any atom is 0.264 e. The van der Waals surface area contributed by atoms with Gasteiger partial charge in [-0.3, -0.25) is 9.59 Å². The zero-order valence-electron chi connectivity index (χ0n) is 17.1. The molecule has 0 fully saturated rings. The van der Waals surface area contributed by atoms with Crippen molar-refractivity contribution in [1.29, 1.82) is 0 Å². The summed E-state index contributed by atoms with van der Waals surface area (Å²) in [6.07, 6.45) is -0.231. The highest BCUT2D eigenvalue weighted by Crippen LogP contribution is 2.47. The van der Waals surface area contributed by atoms with Crippen molar-refractivity contribution >= 4 is 17.4 Å². The highest BCUT2D eigenvalue weighted by molar-refractivity contribution is 6.09. The molecule has 0 saturated carbocycles. The molecule has 1 aliphatic heterocycles. The summed E-state index contributed by atoms with van der Waals surface area (Å²) in [5.41, 5.74) is 1.93. The van der Waals surface area contributed by atoms with Crippen molar-refractivity contribution in [2.24, 2.45) is 0 Å². The number of aryl methyl sites for hydroxylation is 2. The zero-order chi connectivity index (χ0) is 20.6. The maximum atomic E-state index is 13.3. The SMILES string of the molecule is CC(=O)CC1(O)C(=O)N(Cc2ccccc2OC(C)C)c2c(C)ccc(C)c21. The van der Waals surface area contributed by atoms with E-state index in [4.69, 9.17) is 4.74 Å². The second-order valence-electron chi connectivity index (χ2n) is 7.83. The number of benzene rings is 2. The standard InChI is InChI=1S/C23H27NO4/c1-14(2)28-19-9-7-6-8-18(19)13-24-21-16(4)11-10-15(3)20(21)23(27,22(24)26)12-17(5)25/h6-11,14,27H,12-13H2,1-5H3. The summed E-state index contributed by atoms with van der Waals surface area (Å²) in [5, 5.41) is 11.3. The van der Waals surface area contributed by atoms with Crippen LogP contribution in [0.2, 0.25) is 0 Å². The van der Waals surface area contributed by atoms with Crippen molar-refractivity contribution in [1.82, 2.24) is 0 Å². The fourth-order valence-corrected chi connectivity index (χ4v) is 3.95. The number of hydrogen-bond acceptors (Lipinski definition) is 4. The second-order valence-corrected chi connectivity index (χ2v) is 7.83. The third kappa shape index (κ3) is 3.42. The number of Topliss-reactive ketones (excluding diaryl/α,β-unsaturated/α-hetero) is 1. The Morgan fingerprint density at radius 2 is 1.79 bits per heavy atom. The van der Waals surface area contributed by atoms with Crippen LogP contribution in [0.4, 0.5) is 5.69 Å². The van der Waals surface area contributed by atoms with E-state index in [1.165, 1.54) is 6.92 Å². The lowest BCUT2D eigenvalue weighted by Crippen LogP contribution is -2.41. The number of aliphatic hydroxyl groups is 1. The molecule has 148 valence electrons. The van der Waals surface area contributed by atoms with E-state index in [9.17, 15) is 14.7 Å².